The molecule has 0 aromatic heterocycles. The van der Waals surface area contributed by atoms with Crippen LogP contribution in [0.5, 0.6) is 0 Å². The van der Waals surface area contributed by atoms with Crippen LogP contribution in [0, 0.1) is 11.3 Å². The average Bonchev–Trinajstić information content (AvgIpc) is 2.28. The molecule has 0 radical (unpaired) electrons. The van der Waals surface area contributed by atoms with Gasteiger partial charge in [0.25, 0.3) is 0 Å². The quantitative estimate of drug-likeness (QED) is 0.775. The summed E-state index contributed by atoms with van der Waals surface area (Å²) in [5.74, 6) is 0.378. The van der Waals surface area contributed by atoms with Gasteiger partial charge in [0, 0.05) is 12.0 Å². The summed E-state index contributed by atoms with van der Waals surface area (Å²) < 4.78 is 0. The third-order valence-electron chi connectivity index (χ3n) is 4.57. The van der Waals surface area contributed by atoms with Gasteiger partial charge in [-0.15, -0.1) is 0 Å². The molecule has 0 heterocycles. The number of rotatable bonds is 4. The Hall–Kier alpha value is -0.0800. The molecule has 2 atom stereocenters. The first kappa shape index (κ1) is 14.0. The van der Waals surface area contributed by atoms with E-state index in [4.69, 9.17) is 5.73 Å². The molecule has 0 aromatic rings. The summed E-state index contributed by atoms with van der Waals surface area (Å²) in [6, 6.07) is 0. The van der Waals surface area contributed by atoms with E-state index in [-0.39, 0.29) is 11.5 Å². The van der Waals surface area contributed by atoms with E-state index >= 15 is 0 Å². The van der Waals surface area contributed by atoms with E-state index < -0.39 is 0 Å². The zero-order valence-electron chi connectivity index (χ0n) is 11.0. The van der Waals surface area contributed by atoms with Crippen molar-refractivity contribution in [3.05, 3.63) is 0 Å². The van der Waals surface area contributed by atoms with Crippen LogP contribution in [-0.4, -0.2) is 17.8 Å². The highest BCUT2D eigenvalue weighted by Crippen LogP contribution is 2.39. The first-order chi connectivity index (χ1) is 7.66. The first-order valence-corrected chi connectivity index (χ1v) is 7.04. The summed E-state index contributed by atoms with van der Waals surface area (Å²) in [4.78, 5) is 0. The van der Waals surface area contributed by atoms with E-state index in [2.05, 4.69) is 13.8 Å². The molecule has 2 nitrogen and oxygen atoms in total. The van der Waals surface area contributed by atoms with Crippen molar-refractivity contribution in [2.75, 3.05) is 6.54 Å². The van der Waals surface area contributed by atoms with Gasteiger partial charge in [0.2, 0.25) is 0 Å². The van der Waals surface area contributed by atoms with Crippen molar-refractivity contribution in [3.63, 3.8) is 0 Å². The van der Waals surface area contributed by atoms with Crippen LogP contribution in [-0.2, 0) is 0 Å². The fourth-order valence-corrected chi connectivity index (χ4v) is 3.06. The topological polar surface area (TPSA) is 46.2 Å². The number of nitrogens with two attached hydrogens (primary N) is 1. The molecule has 0 amide bonds. The van der Waals surface area contributed by atoms with Crippen LogP contribution >= 0.6 is 0 Å². The van der Waals surface area contributed by atoms with Crippen LogP contribution in [0.2, 0.25) is 0 Å². The lowest BCUT2D eigenvalue weighted by atomic mass is 9.68. The van der Waals surface area contributed by atoms with Gasteiger partial charge in [-0.3, -0.25) is 0 Å². The molecule has 1 aliphatic carbocycles. The molecule has 0 aliphatic heterocycles. The third-order valence-corrected chi connectivity index (χ3v) is 4.57. The Morgan fingerprint density at radius 2 is 1.62 bits per heavy atom. The molecule has 1 fully saturated rings. The lowest BCUT2D eigenvalue weighted by Crippen LogP contribution is -2.45. The Morgan fingerprint density at radius 3 is 2.06 bits per heavy atom. The van der Waals surface area contributed by atoms with Gasteiger partial charge in [-0.25, -0.2) is 0 Å². The highest BCUT2D eigenvalue weighted by atomic mass is 16.3. The molecule has 16 heavy (non-hydrogen) atoms. The van der Waals surface area contributed by atoms with Crippen molar-refractivity contribution in [2.45, 2.75) is 71.3 Å². The predicted octanol–water partition coefficient (Wildman–Crippen LogP) is 3.08. The summed E-state index contributed by atoms with van der Waals surface area (Å²) in [5, 5.41) is 10.5. The van der Waals surface area contributed by atoms with Crippen molar-refractivity contribution in [2.24, 2.45) is 17.1 Å². The molecule has 3 N–H and O–H groups in total. The second-order valence-electron chi connectivity index (χ2n) is 5.66. The lowest BCUT2D eigenvalue weighted by molar-refractivity contribution is -0.0266. The molecule has 1 aliphatic rings. The largest absolute Gasteiger partial charge is 0.392 e. The van der Waals surface area contributed by atoms with E-state index in [0.717, 1.165) is 19.3 Å². The molecule has 2 unspecified atom stereocenters. The lowest BCUT2D eigenvalue weighted by Gasteiger charge is -2.41. The second kappa shape index (κ2) is 6.61. The fraction of sp³-hybridized carbons (Fsp3) is 1.00. The highest BCUT2D eigenvalue weighted by molar-refractivity contribution is 4.90. The van der Waals surface area contributed by atoms with Crippen LogP contribution in [0.1, 0.15) is 65.2 Å². The number of hydrogen-bond donors (Lipinski definition) is 2. The van der Waals surface area contributed by atoms with Gasteiger partial charge < -0.3 is 10.8 Å². The minimum Gasteiger partial charge on any atom is -0.392 e. The van der Waals surface area contributed by atoms with Gasteiger partial charge in [0.05, 0.1) is 6.10 Å². The van der Waals surface area contributed by atoms with Gasteiger partial charge in [-0.2, -0.15) is 0 Å². The number of aliphatic hydroxyl groups excluding tert-OH is 1. The molecule has 0 bridgehead atoms. The standard InChI is InChI=1S/C14H29NO/c1-3-12(2)13(16)14(11-15)9-7-5-4-6-8-10-14/h12-13,16H,3-11,15H2,1-2H3. The maximum Gasteiger partial charge on any atom is 0.0633 e. The van der Waals surface area contributed by atoms with Gasteiger partial charge in [-0.1, -0.05) is 52.4 Å². The van der Waals surface area contributed by atoms with Crippen LogP contribution < -0.4 is 5.73 Å². The van der Waals surface area contributed by atoms with Crippen LogP contribution in [0.4, 0.5) is 0 Å². The monoisotopic (exact) mass is 227 g/mol. The summed E-state index contributed by atoms with van der Waals surface area (Å²) in [6.45, 7) is 4.96. The zero-order chi connectivity index (χ0) is 12.0. The molecule has 0 aromatic carbocycles. The molecular formula is C14H29NO. The van der Waals surface area contributed by atoms with E-state index in [0.29, 0.717) is 12.5 Å². The summed E-state index contributed by atoms with van der Waals surface area (Å²) >= 11 is 0. The van der Waals surface area contributed by atoms with Gasteiger partial charge in [-0.05, 0) is 18.8 Å². The summed E-state index contributed by atoms with van der Waals surface area (Å²) in [7, 11) is 0. The van der Waals surface area contributed by atoms with E-state index in [1.54, 1.807) is 0 Å². The predicted molar refractivity (Wildman–Crippen MR) is 69.3 cm³/mol. The number of aliphatic hydroxyl groups is 1. The Bertz CT molecular complexity index is 185. The normalized spacial score (nSPS) is 25.5. The number of hydrogen-bond acceptors (Lipinski definition) is 2. The molecule has 1 saturated carbocycles. The van der Waals surface area contributed by atoms with Gasteiger partial charge >= 0.3 is 0 Å². The van der Waals surface area contributed by atoms with Crippen molar-refractivity contribution >= 4 is 0 Å². The van der Waals surface area contributed by atoms with Crippen LogP contribution in [0.25, 0.3) is 0 Å². The van der Waals surface area contributed by atoms with E-state index in [1.165, 1.54) is 32.1 Å². The highest BCUT2D eigenvalue weighted by Gasteiger charge is 2.38. The third kappa shape index (κ3) is 3.21. The Morgan fingerprint density at radius 1 is 1.12 bits per heavy atom. The Balaban J connectivity index is 2.71. The fourth-order valence-electron chi connectivity index (χ4n) is 3.06. The molecule has 0 spiro atoms. The van der Waals surface area contributed by atoms with Crippen LogP contribution in [0.15, 0.2) is 0 Å². The van der Waals surface area contributed by atoms with Gasteiger partial charge in [0.1, 0.15) is 0 Å². The van der Waals surface area contributed by atoms with Crippen molar-refractivity contribution in [3.8, 4) is 0 Å². The maximum atomic E-state index is 10.5. The Labute approximate surface area is 101 Å². The summed E-state index contributed by atoms with van der Waals surface area (Å²) in [6.07, 6.45) is 9.55. The van der Waals surface area contributed by atoms with E-state index in [9.17, 15) is 5.11 Å². The van der Waals surface area contributed by atoms with E-state index in [1.807, 2.05) is 0 Å². The molecule has 0 saturated heterocycles. The maximum absolute atomic E-state index is 10.5. The van der Waals surface area contributed by atoms with Crippen molar-refractivity contribution in [1.29, 1.82) is 0 Å². The molecular weight excluding hydrogens is 198 g/mol. The van der Waals surface area contributed by atoms with Crippen molar-refractivity contribution in [1.82, 2.24) is 0 Å². The first-order valence-electron chi connectivity index (χ1n) is 7.04. The van der Waals surface area contributed by atoms with Crippen LogP contribution in [0.3, 0.4) is 0 Å². The zero-order valence-corrected chi connectivity index (χ0v) is 11.0. The minimum absolute atomic E-state index is 0.00977. The molecule has 2 heteroatoms. The smallest absolute Gasteiger partial charge is 0.0633 e. The molecule has 1 rings (SSSR count). The van der Waals surface area contributed by atoms with Gasteiger partial charge in [0.15, 0.2) is 0 Å². The second-order valence-corrected chi connectivity index (χ2v) is 5.66. The summed E-state index contributed by atoms with van der Waals surface area (Å²) in [5.41, 5.74) is 6.00. The SMILES string of the molecule is CCC(C)C(O)C1(CN)CCCCCCC1. The minimum atomic E-state index is -0.208. The molecule has 96 valence electrons. The Kier molecular flexibility index (Phi) is 5.77. The van der Waals surface area contributed by atoms with Crippen molar-refractivity contribution < 1.29 is 5.11 Å². The average molecular weight is 227 g/mol.